The highest BCUT2D eigenvalue weighted by Gasteiger charge is 2.14. The van der Waals surface area contributed by atoms with E-state index in [0.717, 1.165) is 28.9 Å². The third-order valence-corrected chi connectivity index (χ3v) is 3.31. The molecule has 3 nitrogen and oxygen atoms in total. The lowest BCUT2D eigenvalue weighted by atomic mass is 9.99. The van der Waals surface area contributed by atoms with Gasteiger partial charge >= 0.3 is 0 Å². The van der Waals surface area contributed by atoms with E-state index in [1.165, 1.54) is 0 Å². The minimum atomic E-state index is -0.565. The second kappa shape index (κ2) is 6.13. The van der Waals surface area contributed by atoms with Crippen molar-refractivity contribution in [1.29, 1.82) is 0 Å². The van der Waals surface area contributed by atoms with Gasteiger partial charge in [-0.1, -0.05) is 30.7 Å². The summed E-state index contributed by atoms with van der Waals surface area (Å²) in [7, 11) is 0. The van der Waals surface area contributed by atoms with Crippen LogP contribution in [0.5, 0.6) is 0 Å². The van der Waals surface area contributed by atoms with Gasteiger partial charge in [0.1, 0.15) is 0 Å². The molecule has 1 unspecified atom stereocenters. The molecule has 0 bridgehead atoms. The number of nitrogens with zero attached hydrogens (tertiary/aromatic N) is 2. The van der Waals surface area contributed by atoms with Gasteiger partial charge in [0.15, 0.2) is 0 Å². The highest BCUT2D eigenvalue weighted by molar-refractivity contribution is 6.30. The molecule has 1 N–H and O–H groups in total. The first kappa shape index (κ1) is 14.0. The molecule has 2 rings (SSSR count). The first-order chi connectivity index (χ1) is 9.10. The maximum Gasteiger partial charge on any atom is 0.0849 e. The Kier molecular flexibility index (Phi) is 4.51. The Hall–Kier alpha value is -1.45. The second-order valence-electron chi connectivity index (χ2n) is 4.59. The number of aromatic nitrogens is 2. The van der Waals surface area contributed by atoms with Crippen LogP contribution in [-0.4, -0.2) is 15.3 Å². The molecule has 19 heavy (non-hydrogen) atoms. The standard InChI is InChI=1S/C15H17ClN2O/c1-3-14-13(8-10(2)17-18-14)15(19)9-11-4-6-12(16)7-5-11/h4-8,15,19H,3,9H2,1-2H3. The van der Waals surface area contributed by atoms with Crippen molar-refractivity contribution in [1.82, 2.24) is 10.2 Å². The Labute approximate surface area is 118 Å². The number of aliphatic hydroxyl groups excluding tert-OH is 1. The van der Waals surface area contributed by atoms with E-state index in [-0.39, 0.29) is 0 Å². The molecule has 0 fully saturated rings. The van der Waals surface area contributed by atoms with E-state index in [0.29, 0.717) is 11.4 Å². The van der Waals surface area contributed by atoms with Gasteiger partial charge in [0.05, 0.1) is 17.5 Å². The predicted octanol–water partition coefficient (Wildman–Crippen LogP) is 3.28. The molecule has 100 valence electrons. The molecular weight excluding hydrogens is 260 g/mol. The zero-order valence-electron chi connectivity index (χ0n) is 11.1. The minimum Gasteiger partial charge on any atom is -0.388 e. The van der Waals surface area contributed by atoms with Crippen molar-refractivity contribution in [2.75, 3.05) is 0 Å². The van der Waals surface area contributed by atoms with E-state index in [4.69, 9.17) is 11.6 Å². The largest absolute Gasteiger partial charge is 0.388 e. The average molecular weight is 277 g/mol. The highest BCUT2D eigenvalue weighted by atomic mass is 35.5. The average Bonchev–Trinajstić information content (AvgIpc) is 2.41. The predicted molar refractivity (Wildman–Crippen MR) is 76.3 cm³/mol. The molecule has 0 spiro atoms. The summed E-state index contributed by atoms with van der Waals surface area (Å²) in [6.07, 6.45) is 0.751. The van der Waals surface area contributed by atoms with E-state index in [9.17, 15) is 5.11 Å². The monoisotopic (exact) mass is 276 g/mol. The Morgan fingerprint density at radius 3 is 2.53 bits per heavy atom. The third kappa shape index (κ3) is 3.52. The second-order valence-corrected chi connectivity index (χ2v) is 5.02. The van der Waals surface area contributed by atoms with E-state index in [2.05, 4.69) is 10.2 Å². The van der Waals surface area contributed by atoms with Gasteiger partial charge in [-0.3, -0.25) is 0 Å². The van der Waals surface area contributed by atoms with Crippen molar-refractivity contribution < 1.29 is 5.11 Å². The van der Waals surface area contributed by atoms with E-state index >= 15 is 0 Å². The third-order valence-electron chi connectivity index (χ3n) is 3.06. The molecule has 0 aliphatic rings. The molecule has 1 aromatic heterocycles. The normalized spacial score (nSPS) is 12.4. The van der Waals surface area contributed by atoms with Crippen LogP contribution in [-0.2, 0) is 12.8 Å². The lowest BCUT2D eigenvalue weighted by molar-refractivity contribution is 0.176. The fraction of sp³-hybridized carbons (Fsp3) is 0.333. The van der Waals surface area contributed by atoms with Crippen molar-refractivity contribution >= 4 is 11.6 Å². The number of aliphatic hydroxyl groups is 1. The summed E-state index contributed by atoms with van der Waals surface area (Å²) in [5, 5.41) is 19.3. The van der Waals surface area contributed by atoms with Crippen LogP contribution < -0.4 is 0 Å². The Bertz CT molecular complexity index is 555. The van der Waals surface area contributed by atoms with Crippen molar-refractivity contribution in [3.63, 3.8) is 0 Å². The number of aryl methyl sites for hydroxylation is 2. The Morgan fingerprint density at radius 2 is 1.89 bits per heavy atom. The number of hydrogen-bond donors (Lipinski definition) is 1. The van der Waals surface area contributed by atoms with Crippen molar-refractivity contribution in [2.45, 2.75) is 32.8 Å². The molecule has 0 aliphatic carbocycles. The SMILES string of the molecule is CCc1nnc(C)cc1C(O)Cc1ccc(Cl)cc1. The number of rotatable bonds is 4. The molecule has 0 saturated carbocycles. The maximum absolute atomic E-state index is 10.4. The fourth-order valence-electron chi connectivity index (χ4n) is 2.05. The maximum atomic E-state index is 10.4. The summed E-state index contributed by atoms with van der Waals surface area (Å²) in [5.74, 6) is 0. The van der Waals surface area contributed by atoms with Crippen LogP contribution in [0.2, 0.25) is 5.02 Å². The summed E-state index contributed by atoms with van der Waals surface area (Å²) < 4.78 is 0. The van der Waals surface area contributed by atoms with Crippen LogP contribution in [0.4, 0.5) is 0 Å². The molecule has 0 radical (unpaired) electrons. The first-order valence-corrected chi connectivity index (χ1v) is 6.73. The first-order valence-electron chi connectivity index (χ1n) is 6.35. The van der Waals surface area contributed by atoms with Crippen LogP contribution in [0.15, 0.2) is 30.3 Å². The minimum absolute atomic E-state index is 0.551. The molecule has 0 amide bonds. The summed E-state index contributed by atoms with van der Waals surface area (Å²) in [6, 6.07) is 9.44. The van der Waals surface area contributed by atoms with Gasteiger partial charge in [0, 0.05) is 17.0 Å². The zero-order valence-corrected chi connectivity index (χ0v) is 11.9. The van der Waals surface area contributed by atoms with Gasteiger partial charge in [-0.25, -0.2) is 0 Å². The summed E-state index contributed by atoms with van der Waals surface area (Å²) >= 11 is 5.85. The molecule has 0 saturated heterocycles. The summed E-state index contributed by atoms with van der Waals surface area (Å²) in [5.41, 5.74) is 3.59. The molecular formula is C15H17ClN2O. The summed E-state index contributed by atoms with van der Waals surface area (Å²) in [6.45, 7) is 3.89. The molecule has 1 heterocycles. The highest BCUT2D eigenvalue weighted by Crippen LogP contribution is 2.22. The number of benzene rings is 1. The quantitative estimate of drug-likeness (QED) is 0.932. The molecule has 1 aromatic carbocycles. The molecule has 0 aliphatic heterocycles. The van der Waals surface area contributed by atoms with Crippen molar-refractivity contribution in [3.8, 4) is 0 Å². The Morgan fingerprint density at radius 1 is 1.21 bits per heavy atom. The van der Waals surface area contributed by atoms with Gasteiger partial charge in [0.25, 0.3) is 0 Å². The van der Waals surface area contributed by atoms with E-state index in [1.54, 1.807) is 0 Å². The van der Waals surface area contributed by atoms with Gasteiger partial charge in [-0.05, 0) is 37.1 Å². The van der Waals surface area contributed by atoms with Crippen LogP contribution in [0.25, 0.3) is 0 Å². The Balaban J connectivity index is 2.21. The molecule has 1 atom stereocenters. The zero-order chi connectivity index (χ0) is 13.8. The molecule has 2 aromatic rings. The van der Waals surface area contributed by atoms with Gasteiger partial charge in [-0.15, -0.1) is 0 Å². The lowest BCUT2D eigenvalue weighted by Gasteiger charge is -2.14. The van der Waals surface area contributed by atoms with E-state index in [1.807, 2.05) is 44.2 Å². The van der Waals surface area contributed by atoms with Gasteiger partial charge in [0.2, 0.25) is 0 Å². The topological polar surface area (TPSA) is 46.0 Å². The van der Waals surface area contributed by atoms with E-state index < -0.39 is 6.10 Å². The van der Waals surface area contributed by atoms with Crippen LogP contribution in [0, 0.1) is 6.92 Å². The van der Waals surface area contributed by atoms with Crippen molar-refractivity contribution in [2.24, 2.45) is 0 Å². The van der Waals surface area contributed by atoms with Crippen LogP contribution in [0.3, 0.4) is 0 Å². The van der Waals surface area contributed by atoms with Gasteiger partial charge < -0.3 is 5.11 Å². The number of halogens is 1. The smallest absolute Gasteiger partial charge is 0.0849 e. The fourth-order valence-corrected chi connectivity index (χ4v) is 2.18. The van der Waals surface area contributed by atoms with Crippen LogP contribution in [0.1, 0.15) is 35.5 Å². The van der Waals surface area contributed by atoms with Crippen LogP contribution >= 0.6 is 11.6 Å². The van der Waals surface area contributed by atoms with Gasteiger partial charge in [-0.2, -0.15) is 10.2 Å². The molecule has 4 heteroatoms. The lowest BCUT2D eigenvalue weighted by Crippen LogP contribution is -2.08. The summed E-state index contributed by atoms with van der Waals surface area (Å²) in [4.78, 5) is 0. The van der Waals surface area contributed by atoms with Crippen molar-refractivity contribution in [3.05, 3.63) is 57.9 Å². The number of hydrogen-bond acceptors (Lipinski definition) is 3.